The first-order valence-corrected chi connectivity index (χ1v) is 8.09. The fourth-order valence-corrected chi connectivity index (χ4v) is 2.91. The Morgan fingerprint density at radius 1 is 1.38 bits per heavy atom. The third-order valence-electron chi connectivity index (χ3n) is 4.36. The number of likely N-dealkylation sites (tertiary alicyclic amines) is 1. The molecule has 2 aromatic rings. The van der Waals surface area contributed by atoms with Gasteiger partial charge in [-0.3, -0.25) is 15.0 Å². The fourth-order valence-electron chi connectivity index (χ4n) is 2.91. The summed E-state index contributed by atoms with van der Waals surface area (Å²) >= 11 is 0. The number of aromatic nitrogens is 3. The Hall–Kier alpha value is -2.55. The highest BCUT2D eigenvalue weighted by atomic mass is 16.6. The van der Waals surface area contributed by atoms with Crippen LogP contribution >= 0.6 is 0 Å². The van der Waals surface area contributed by atoms with Gasteiger partial charge in [-0.2, -0.15) is 4.98 Å². The van der Waals surface area contributed by atoms with Crippen molar-refractivity contribution in [3.63, 3.8) is 0 Å². The molecule has 1 atom stereocenters. The summed E-state index contributed by atoms with van der Waals surface area (Å²) in [7, 11) is 0. The summed E-state index contributed by atoms with van der Waals surface area (Å²) in [5, 5.41) is 18.0. The molecule has 0 bridgehead atoms. The van der Waals surface area contributed by atoms with Gasteiger partial charge in [-0.1, -0.05) is 5.16 Å². The minimum atomic E-state index is -0.450. The summed E-state index contributed by atoms with van der Waals surface area (Å²) < 4.78 is 5.28. The molecule has 0 aromatic carbocycles. The summed E-state index contributed by atoms with van der Waals surface area (Å²) in [6.07, 6.45) is 4.55. The first kappa shape index (κ1) is 15.0. The van der Waals surface area contributed by atoms with Crippen molar-refractivity contribution in [1.29, 1.82) is 0 Å². The van der Waals surface area contributed by atoms with Crippen LogP contribution in [0.2, 0.25) is 0 Å². The van der Waals surface area contributed by atoms with Gasteiger partial charge in [0.05, 0.1) is 11.5 Å². The molecule has 9 heteroatoms. The largest absolute Gasteiger partial charge is 0.366 e. The molecule has 1 saturated heterocycles. The van der Waals surface area contributed by atoms with Crippen molar-refractivity contribution in [3.05, 3.63) is 40.2 Å². The lowest BCUT2D eigenvalue weighted by Crippen LogP contribution is -2.26. The second-order valence-electron chi connectivity index (χ2n) is 6.35. The van der Waals surface area contributed by atoms with Gasteiger partial charge in [-0.25, -0.2) is 4.98 Å². The quantitative estimate of drug-likeness (QED) is 0.632. The van der Waals surface area contributed by atoms with Crippen molar-refractivity contribution in [2.75, 3.05) is 18.4 Å². The predicted molar refractivity (Wildman–Crippen MR) is 84.5 cm³/mol. The average molecular weight is 330 g/mol. The van der Waals surface area contributed by atoms with Crippen LogP contribution in [-0.4, -0.2) is 44.1 Å². The van der Waals surface area contributed by atoms with Gasteiger partial charge in [0.25, 0.3) is 5.69 Å². The summed E-state index contributed by atoms with van der Waals surface area (Å²) in [4.78, 5) is 21.0. The number of hydrogen-bond acceptors (Lipinski definition) is 8. The monoisotopic (exact) mass is 330 g/mol. The van der Waals surface area contributed by atoms with Gasteiger partial charge in [0.15, 0.2) is 5.82 Å². The Balaban J connectivity index is 1.30. The normalized spacial score (nSPS) is 21.1. The number of rotatable bonds is 6. The number of anilines is 1. The van der Waals surface area contributed by atoms with Crippen LogP contribution < -0.4 is 5.32 Å². The minimum absolute atomic E-state index is 0.00262. The second-order valence-corrected chi connectivity index (χ2v) is 6.35. The van der Waals surface area contributed by atoms with E-state index in [2.05, 4.69) is 25.3 Å². The Morgan fingerprint density at radius 3 is 2.96 bits per heavy atom. The second kappa shape index (κ2) is 6.16. The molecule has 3 heterocycles. The molecule has 1 N–H and O–H groups in total. The third kappa shape index (κ3) is 3.35. The lowest BCUT2D eigenvalue weighted by Gasteiger charge is -2.15. The Labute approximate surface area is 138 Å². The predicted octanol–water partition coefficient (Wildman–Crippen LogP) is 1.94. The molecule has 1 saturated carbocycles. The van der Waals surface area contributed by atoms with Crippen molar-refractivity contribution in [2.24, 2.45) is 0 Å². The Bertz CT molecular complexity index is 727. The smallest absolute Gasteiger partial charge is 0.287 e. The zero-order chi connectivity index (χ0) is 16.5. The van der Waals surface area contributed by atoms with Crippen molar-refractivity contribution >= 4 is 11.5 Å². The SMILES string of the molecule is O=[N+]([O-])c1ccc(N[C@@H]2CCN(Cc3noc(C4CC4)n3)C2)nc1. The van der Waals surface area contributed by atoms with E-state index < -0.39 is 4.92 Å². The summed E-state index contributed by atoms with van der Waals surface area (Å²) in [5.41, 5.74) is -0.00262. The highest BCUT2D eigenvalue weighted by Gasteiger charge is 2.30. The summed E-state index contributed by atoms with van der Waals surface area (Å²) in [5.74, 6) is 2.65. The van der Waals surface area contributed by atoms with Crippen LogP contribution in [0.3, 0.4) is 0 Å². The van der Waals surface area contributed by atoms with E-state index in [0.29, 0.717) is 18.3 Å². The molecule has 2 aliphatic rings. The lowest BCUT2D eigenvalue weighted by molar-refractivity contribution is -0.385. The van der Waals surface area contributed by atoms with E-state index >= 15 is 0 Å². The lowest BCUT2D eigenvalue weighted by atomic mass is 10.2. The molecule has 1 aliphatic carbocycles. The van der Waals surface area contributed by atoms with Gasteiger partial charge in [0.1, 0.15) is 12.0 Å². The number of hydrogen-bond donors (Lipinski definition) is 1. The van der Waals surface area contributed by atoms with Crippen LogP contribution in [0.25, 0.3) is 0 Å². The molecule has 1 aliphatic heterocycles. The molecule has 24 heavy (non-hydrogen) atoms. The van der Waals surface area contributed by atoms with E-state index in [1.165, 1.54) is 12.3 Å². The molecule has 4 rings (SSSR count). The van der Waals surface area contributed by atoms with Crippen LogP contribution in [0.4, 0.5) is 11.5 Å². The molecular formula is C15H18N6O3. The average Bonchev–Trinajstić information content (AvgIpc) is 3.17. The molecule has 0 radical (unpaired) electrons. The third-order valence-corrected chi connectivity index (χ3v) is 4.36. The molecule has 126 valence electrons. The van der Waals surface area contributed by atoms with E-state index in [4.69, 9.17) is 4.52 Å². The van der Waals surface area contributed by atoms with Crippen LogP contribution in [0, 0.1) is 10.1 Å². The Morgan fingerprint density at radius 2 is 2.25 bits per heavy atom. The topological polar surface area (TPSA) is 110 Å². The Kier molecular flexibility index (Phi) is 3.85. The van der Waals surface area contributed by atoms with Crippen LogP contribution in [0.1, 0.15) is 36.9 Å². The molecule has 0 unspecified atom stereocenters. The highest BCUT2D eigenvalue weighted by Crippen LogP contribution is 2.38. The minimum Gasteiger partial charge on any atom is -0.366 e. The maximum absolute atomic E-state index is 10.6. The van der Waals surface area contributed by atoms with Gasteiger partial charge >= 0.3 is 0 Å². The molecule has 2 fully saturated rings. The number of nitrogens with zero attached hydrogens (tertiary/aromatic N) is 5. The summed E-state index contributed by atoms with van der Waals surface area (Å²) in [6, 6.07) is 3.36. The first-order valence-electron chi connectivity index (χ1n) is 8.09. The number of pyridine rings is 1. The van der Waals surface area contributed by atoms with Crippen molar-refractivity contribution in [3.8, 4) is 0 Å². The summed E-state index contributed by atoms with van der Waals surface area (Å²) in [6.45, 7) is 2.48. The first-order chi connectivity index (χ1) is 11.7. The van der Waals surface area contributed by atoms with Gasteiger partial charge in [0, 0.05) is 31.1 Å². The van der Waals surface area contributed by atoms with Crippen LogP contribution in [0.5, 0.6) is 0 Å². The van der Waals surface area contributed by atoms with Crippen molar-refractivity contribution in [1.82, 2.24) is 20.0 Å². The van der Waals surface area contributed by atoms with E-state index in [-0.39, 0.29) is 11.7 Å². The van der Waals surface area contributed by atoms with Crippen LogP contribution in [0.15, 0.2) is 22.9 Å². The molecule has 9 nitrogen and oxygen atoms in total. The number of nitrogens with one attached hydrogen (secondary N) is 1. The van der Waals surface area contributed by atoms with Crippen LogP contribution in [-0.2, 0) is 6.54 Å². The van der Waals surface area contributed by atoms with Crippen molar-refractivity contribution < 1.29 is 9.45 Å². The number of nitro groups is 1. The maximum Gasteiger partial charge on any atom is 0.287 e. The van der Waals surface area contributed by atoms with E-state index in [1.807, 2.05) is 0 Å². The van der Waals surface area contributed by atoms with Gasteiger partial charge in [-0.05, 0) is 25.3 Å². The van der Waals surface area contributed by atoms with E-state index in [0.717, 1.165) is 44.1 Å². The van der Waals surface area contributed by atoms with Crippen molar-refractivity contribution in [2.45, 2.75) is 37.8 Å². The van der Waals surface area contributed by atoms with E-state index in [1.54, 1.807) is 6.07 Å². The van der Waals surface area contributed by atoms with E-state index in [9.17, 15) is 10.1 Å². The molecule has 2 aromatic heterocycles. The highest BCUT2D eigenvalue weighted by molar-refractivity contribution is 5.41. The standard InChI is InChI=1S/C15H18N6O3/c22-21(23)12-3-4-13(16-7-12)17-11-5-6-20(8-11)9-14-18-15(24-19-14)10-1-2-10/h3-4,7,10-11H,1-2,5-6,8-9H2,(H,16,17)/t11-/m1/s1. The van der Waals surface area contributed by atoms with Gasteiger partial charge in [0.2, 0.25) is 5.89 Å². The van der Waals surface area contributed by atoms with Gasteiger partial charge in [-0.15, -0.1) is 0 Å². The fraction of sp³-hybridized carbons (Fsp3) is 0.533. The maximum atomic E-state index is 10.6. The zero-order valence-corrected chi connectivity index (χ0v) is 13.1. The molecular weight excluding hydrogens is 312 g/mol. The molecule has 0 amide bonds. The van der Waals surface area contributed by atoms with Gasteiger partial charge < -0.3 is 9.84 Å². The zero-order valence-electron chi connectivity index (χ0n) is 13.1. The molecule has 0 spiro atoms.